The van der Waals surface area contributed by atoms with Crippen LogP contribution in [0.1, 0.15) is 13.3 Å². The Bertz CT molecular complexity index is 162. The molecule has 0 aliphatic rings. The molecule has 0 radical (unpaired) electrons. The van der Waals surface area contributed by atoms with E-state index in [-0.39, 0.29) is 5.96 Å². The maximum absolute atomic E-state index is 5.22. The molecule has 0 atom stereocenters. The largest absolute Gasteiger partial charge is 0.369 e. The first-order chi connectivity index (χ1) is 4.81. The minimum atomic E-state index is 0.248. The van der Waals surface area contributed by atoms with Crippen molar-refractivity contribution in [2.24, 2.45) is 16.6 Å². The molecule has 0 aromatic heterocycles. The van der Waals surface area contributed by atoms with Gasteiger partial charge in [-0.1, -0.05) is 0 Å². The standard InChI is InChI=1S/C6H12N4/c1-2-3-4-5-9-6(7)10-8/h4-5,8H2,1H3,(H3,7,9,10). The summed E-state index contributed by atoms with van der Waals surface area (Å²) in [6.07, 6.45) is 0.721. The molecule has 0 bridgehead atoms. The summed E-state index contributed by atoms with van der Waals surface area (Å²) >= 11 is 0. The Labute approximate surface area is 60.7 Å². The Kier molecular flexibility index (Phi) is 5.20. The number of rotatable bonds is 2. The summed E-state index contributed by atoms with van der Waals surface area (Å²) in [6.45, 7) is 2.38. The molecule has 0 amide bonds. The Morgan fingerprint density at radius 1 is 1.70 bits per heavy atom. The maximum atomic E-state index is 5.22. The van der Waals surface area contributed by atoms with E-state index < -0.39 is 0 Å². The van der Waals surface area contributed by atoms with Crippen molar-refractivity contribution in [1.29, 1.82) is 0 Å². The lowest BCUT2D eigenvalue weighted by atomic mass is 10.4. The summed E-state index contributed by atoms with van der Waals surface area (Å²) in [7, 11) is 0. The number of hydrogen-bond donors (Lipinski definition) is 3. The zero-order valence-electron chi connectivity index (χ0n) is 6.02. The third kappa shape index (κ3) is 4.94. The van der Waals surface area contributed by atoms with Crippen molar-refractivity contribution in [3.8, 4) is 11.8 Å². The lowest BCUT2D eigenvalue weighted by Gasteiger charge is -1.94. The van der Waals surface area contributed by atoms with Crippen molar-refractivity contribution >= 4 is 5.96 Å². The van der Waals surface area contributed by atoms with Crippen LogP contribution < -0.4 is 17.0 Å². The van der Waals surface area contributed by atoms with Gasteiger partial charge in [-0.25, -0.2) is 5.84 Å². The zero-order chi connectivity index (χ0) is 7.82. The van der Waals surface area contributed by atoms with E-state index in [1.165, 1.54) is 0 Å². The van der Waals surface area contributed by atoms with Crippen molar-refractivity contribution in [3.63, 3.8) is 0 Å². The third-order valence-electron chi connectivity index (χ3n) is 0.844. The number of guanidine groups is 1. The molecule has 0 heterocycles. The van der Waals surface area contributed by atoms with Crippen molar-refractivity contribution in [1.82, 2.24) is 5.43 Å². The highest BCUT2D eigenvalue weighted by Crippen LogP contribution is 1.76. The number of nitrogens with two attached hydrogens (primary N) is 2. The SMILES string of the molecule is CC#CCCN=C(N)NN. The van der Waals surface area contributed by atoms with Crippen molar-refractivity contribution in [2.45, 2.75) is 13.3 Å². The predicted octanol–water partition coefficient (Wildman–Crippen LogP) is -0.822. The second-order valence-electron chi connectivity index (χ2n) is 1.59. The second-order valence-corrected chi connectivity index (χ2v) is 1.59. The average molecular weight is 140 g/mol. The molecule has 4 heteroatoms. The van der Waals surface area contributed by atoms with Crippen LogP contribution in [0.4, 0.5) is 0 Å². The molecular formula is C6H12N4. The first-order valence-corrected chi connectivity index (χ1v) is 2.97. The summed E-state index contributed by atoms with van der Waals surface area (Å²) in [5, 5.41) is 0. The highest BCUT2D eigenvalue weighted by atomic mass is 15.3. The fraction of sp³-hybridized carbons (Fsp3) is 0.500. The molecule has 56 valence electrons. The molecule has 0 aliphatic carbocycles. The third-order valence-corrected chi connectivity index (χ3v) is 0.844. The maximum Gasteiger partial charge on any atom is 0.203 e. The molecule has 10 heavy (non-hydrogen) atoms. The molecule has 0 aromatic carbocycles. The molecule has 0 aromatic rings. The van der Waals surface area contributed by atoms with Gasteiger partial charge < -0.3 is 5.73 Å². The van der Waals surface area contributed by atoms with Crippen LogP contribution in [0.5, 0.6) is 0 Å². The molecule has 4 nitrogen and oxygen atoms in total. The fourth-order valence-corrected chi connectivity index (χ4v) is 0.403. The lowest BCUT2D eigenvalue weighted by Crippen LogP contribution is -2.37. The summed E-state index contributed by atoms with van der Waals surface area (Å²) < 4.78 is 0. The van der Waals surface area contributed by atoms with Gasteiger partial charge >= 0.3 is 0 Å². The molecular weight excluding hydrogens is 128 g/mol. The second kappa shape index (κ2) is 5.92. The van der Waals surface area contributed by atoms with Gasteiger partial charge in [0.1, 0.15) is 0 Å². The highest BCUT2D eigenvalue weighted by molar-refractivity contribution is 5.77. The summed E-state index contributed by atoms with van der Waals surface area (Å²) in [4.78, 5) is 3.84. The van der Waals surface area contributed by atoms with Gasteiger partial charge in [0.15, 0.2) is 0 Å². The molecule has 0 spiro atoms. The van der Waals surface area contributed by atoms with Crippen molar-refractivity contribution < 1.29 is 0 Å². The summed E-state index contributed by atoms with van der Waals surface area (Å²) in [5.74, 6) is 10.8. The van der Waals surface area contributed by atoms with Gasteiger partial charge in [-0.05, 0) is 6.92 Å². The van der Waals surface area contributed by atoms with Crippen LogP contribution in [0.2, 0.25) is 0 Å². The van der Waals surface area contributed by atoms with Crippen LogP contribution in [0.3, 0.4) is 0 Å². The van der Waals surface area contributed by atoms with E-state index in [1.807, 2.05) is 0 Å². The van der Waals surface area contributed by atoms with E-state index in [9.17, 15) is 0 Å². The monoisotopic (exact) mass is 140 g/mol. The Morgan fingerprint density at radius 2 is 2.40 bits per heavy atom. The van der Waals surface area contributed by atoms with E-state index in [1.54, 1.807) is 6.92 Å². The number of nitrogens with zero attached hydrogens (tertiary/aromatic N) is 1. The normalized spacial score (nSPS) is 10.0. The van der Waals surface area contributed by atoms with Crippen LogP contribution >= 0.6 is 0 Å². The molecule has 5 N–H and O–H groups in total. The molecule has 0 saturated heterocycles. The zero-order valence-corrected chi connectivity index (χ0v) is 6.02. The number of hydrogen-bond acceptors (Lipinski definition) is 2. The molecule has 0 aliphatic heterocycles. The minimum absolute atomic E-state index is 0.248. The number of hydrazine groups is 1. The topological polar surface area (TPSA) is 76.4 Å². The van der Waals surface area contributed by atoms with E-state index in [2.05, 4.69) is 22.3 Å². The van der Waals surface area contributed by atoms with Gasteiger partial charge in [0.2, 0.25) is 5.96 Å². The van der Waals surface area contributed by atoms with Crippen molar-refractivity contribution in [2.75, 3.05) is 6.54 Å². The minimum Gasteiger partial charge on any atom is -0.369 e. The van der Waals surface area contributed by atoms with Gasteiger partial charge in [0.05, 0.1) is 6.54 Å². The van der Waals surface area contributed by atoms with Crippen molar-refractivity contribution in [3.05, 3.63) is 0 Å². The summed E-state index contributed by atoms with van der Waals surface area (Å²) in [5.41, 5.74) is 7.44. The average Bonchev–Trinajstić information content (AvgIpc) is 1.98. The van der Waals surface area contributed by atoms with Crippen LogP contribution in [-0.2, 0) is 0 Å². The smallest absolute Gasteiger partial charge is 0.203 e. The first kappa shape index (κ1) is 8.79. The highest BCUT2D eigenvalue weighted by Gasteiger charge is 1.81. The van der Waals surface area contributed by atoms with E-state index in [0.29, 0.717) is 6.54 Å². The van der Waals surface area contributed by atoms with Gasteiger partial charge in [-0.3, -0.25) is 10.4 Å². The van der Waals surface area contributed by atoms with Crippen LogP contribution in [-0.4, -0.2) is 12.5 Å². The molecule has 0 saturated carbocycles. The van der Waals surface area contributed by atoms with Gasteiger partial charge in [-0.2, -0.15) is 0 Å². The van der Waals surface area contributed by atoms with Gasteiger partial charge in [0.25, 0.3) is 0 Å². The predicted molar refractivity (Wildman–Crippen MR) is 41.9 cm³/mol. The molecule has 0 unspecified atom stereocenters. The summed E-state index contributed by atoms with van der Waals surface area (Å²) in [6, 6.07) is 0. The van der Waals surface area contributed by atoms with E-state index in [0.717, 1.165) is 6.42 Å². The Hall–Kier alpha value is -1.21. The quantitative estimate of drug-likeness (QED) is 0.117. The number of nitrogens with one attached hydrogen (secondary N) is 1. The van der Waals surface area contributed by atoms with Crippen LogP contribution in [0.25, 0.3) is 0 Å². The van der Waals surface area contributed by atoms with E-state index in [4.69, 9.17) is 11.6 Å². The van der Waals surface area contributed by atoms with Gasteiger partial charge in [0, 0.05) is 6.42 Å². The van der Waals surface area contributed by atoms with Gasteiger partial charge in [-0.15, -0.1) is 11.8 Å². The Morgan fingerprint density at radius 3 is 2.90 bits per heavy atom. The fourth-order valence-electron chi connectivity index (χ4n) is 0.403. The Balaban J connectivity index is 3.40. The van der Waals surface area contributed by atoms with E-state index >= 15 is 0 Å². The number of aliphatic imine (C=N–C) groups is 1. The van der Waals surface area contributed by atoms with Crippen LogP contribution in [0.15, 0.2) is 4.99 Å². The first-order valence-electron chi connectivity index (χ1n) is 2.97. The lowest BCUT2D eigenvalue weighted by molar-refractivity contribution is 0.951. The molecule has 0 fully saturated rings. The molecule has 0 rings (SSSR count). The van der Waals surface area contributed by atoms with Crippen LogP contribution in [0, 0.1) is 11.8 Å².